The second-order valence-corrected chi connectivity index (χ2v) is 4.78. The van der Waals surface area contributed by atoms with Crippen molar-refractivity contribution >= 4 is 28.8 Å². The van der Waals surface area contributed by atoms with Crippen LogP contribution in [-0.4, -0.2) is 20.4 Å². The molecule has 2 aromatic rings. The number of thiocarbonyl (C=S) groups is 1. The molecule has 3 N–H and O–H groups in total. The van der Waals surface area contributed by atoms with Crippen molar-refractivity contribution in [1.82, 2.24) is 9.55 Å². The van der Waals surface area contributed by atoms with Gasteiger partial charge in [-0.15, -0.1) is 0 Å². The zero-order valence-electron chi connectivity index (χ0n) is 11.2. The number of nitrogens with two attached hydrogens (primary N) is 1. The van der Waals surface area contributed by atoms with Crippen LogP contribution in [0.5, 0.6) is 0 Å². The SMILES string of the molecule is NC(=S)c1cccc(NC(=O)CCn2cccnc2=O)c1. The van der Waals surface area contributed by atoms with Gasteiger partial charge in [-0.2, -0.15) is 0 Å². The molecule has 0 spiro atoms. The average Bonchev–Trinajstić information content (AvgIpc) is 2.46. The quantitative estimate of drug-likeness (QED) is 0.801. The standard InChI is InChI=1S/C14H14N4O2S/c15-13(21)10-3-1-4-11(9-10)17-12(19)5-8-18-7-2-6-16-14(18)20/h1-4,6-7,9H,5,8H2,(H2,15,21)(H,17,19). The number of hydrogen-bond acceptors (Lipinski definition) is 4. The summed E-state index contributed by atoms with van der Waals surface area (Å²) in [6, 6.07) is 8.63. The van der Waals surface area contributed by atoms with Gasteiger partial charge < -0.3 is 11.1 Å². The van der Waals surface area contributed by atoms with Gasteiger partial charge in [0.05, 0.1) is 0 Å². The minimum atomic E-state index is -0.374. The Morgan fingerprint density at radius 1 is 1.38 bits per heavy atom. The topological polar surface area (TPSA) is 90.0 Å². The van der Waals surface area contributed by atoms with E-state index < -0.39 is 0 Å². The van der Waals surface area contributed by atoms with Crippen LogP contribution < -0.4 is 16.7 Å². The highest BCUT2D eigenvalue weighted by Gasteiger charge is 2.05. The largest absolute Gasteiger partial charge is 0.389 e. The Balaban J connectivity index is 1.96. The zero-order valence-corrected chi connectivity index (χ0v) is 12.0. The first kappa shape index (κ1) is 14.9. The number of amides is 1. The number of rotatable bonds is 5. The first-order valence-electron chi connectivity index (χ1n) is 6.27. The molecule has 1 aromatic carbocycles. The summed E-state index contributed by atoms with van der Waals surface area (Å²) in [6.45, 7) is 0.271. The van der Waals surface area contributed by atoms with Gasteiger partial charge in [-0.05, 0) is 18.2 Å². The lowest BCUT2D eigenvalue weighted by Crippen LogP contribution is -2.24. The molecular formula is C14H14N4O2S. The molecular weight excluding hydrogens is 288 g/mol. The number of hydrogen-bond donors (Lipinski definition) is 2. The summed E-state index contributed by atoms with van der Waals surface area (Å²) >= 11 is 4.88. The highest BCUT2D eigenvalue weighted by molar-refractivity contribution is 7.80. The Bertz CT molecular complexity index is 727. The van der Waals surface area contributed by atoms with Crippen molar-refractivity contribution in [3.63, 3.8) is 0 Å². The molecule has 1 aromatic heterocycles. The highest BCUT2D eigenvalue weighted by atomic mass is 32.1. The third-order valence-electron chi connectivity index (χ3n) is 2.79. The summed E-state index contributed by atoms with van der Waals surface area (Å²) in [4.78, 5) is 27.2. The number of nitrogens with zero attached hydrogens (tertiary/aromatic N) is 2. The Kier molecular flexibility index (Phi) is 4.78. The normalized spacial score (nSPS) is 10.1. The number of aryl methyl sites for hydroxylation is 1. The van der Waals surface area contributed by atoms with E-state index in [9.17, 15) is 9.59 Å². The molecule has 21 heavy (non-hydrogen) atoms. The Morgan fingerprint density at radius 3 is 2.90 bits per heavy atom. The van der Waals surface area contributed by atoms with Crippen LogP contribution in [0.3, 0.4) is 0 Å². The second-order valence-electron chi connectivity index (χ2n) is 4.34. The number of anilines is 1. The number of carbonyl (C=O) groups excluding carboxylic acids is 1. The van der Waals surface area contributed by atoms with Crippen LogP contribution in [0.4, 0.5) is 5.69 Å². The molecule has 6 nitrogen and oxygen atoms in total. The molecule has 0 aliphatic carbocycles. The fourth-order valence-electron chi connectivity index (χ4n) is 1.75. The fourth-order valence-corrected chi connectivity index (χ4v) is 1.88. The van der Waals surface area contributed by atoms with Crippen LogP contribution in [-0.2, 0) is 11.3 Å². The highest BCUT2D eigenvalue weighted by Crippen LogP contribution is 2.11. The van der Waals surface area contributed by atoms with Crippen molar-refractivity contribution in [2.24, 2.45) is 5.73 Å². The zero-order chi connectivity index (χ0) is 15.2. The molecule has 0 saturated carbocycles. The summed E-state index contributed by atoms with van der Waals surface area (Å²) in [6.07, 6.45) is 3.18. The second kappa shape index (κ2) is 6.76. The average molecular weight is 302 g/mol. The first-order chi connectivity index (χ1) is 10.1. The van der Waals surface area contributed by atoms with Crippen molar-refractivity contribution in [2.45, 2.75) is 13.0 Å². The molecule has 0 aliphatic rings. The van der Waals surface area contributed by atoms with Crippen LogP contribution in [0.2, 0.25) is 0 Å². The predicted octanol–water partition coefficient (Wildman–Crippen LogP) is 0.906. The third-order valence-corrected chi connectivity index (χ3v) is 3.03. The first-order valence-corrected chi connectivity index (χ1v) is 6.68. The van der Waals surface area contributed by atoms with Crippen molar-refractivity contribution in [1.29, 1.82) is 0 Å². The Hall–Kier alpha value is -2.54. The van der Waals surface area contributed by atoms with Crippen LogP contribution in [0, 0.1) is 0 Å². The summed E-state index contributed by atoms with van der Waals surface area (Å²) < 4.78 is 1.38. The monoisotopic (exact) mass is 302 g/mol. The molecule has 0 bridgehead atoms. The Labute approximate surface area is 126 Å². The van der Waals surface area contributed by atoms with Gasteiger partial charge in [0.25, 0.3) is 0 Å². The lowest BCUT2D eigenvalue weighted by atomic mass is 10.2. The minimum absolute atomic E-state index is 0.170. The number of aromatic nitrogens is 2. The van der Waals surface area contributed by atoms with Gasteiger partial charge in [0.1, 0.15) is 4.99 Å². The Morgan fingerprint density at radius 2 is 2.19 bits per heavy atom. The summed E-state index contributed by atoms with van der Waals surface area (Å²) in [5.74, 6) is -0.203. The van der Waals surface area contributed by atoms with Crippen LogP contribution in [0.15, 0.2) is 47.5 Å². The summed E-state index contributed by atoms with van der Waals surface area (Å²) in [5, 5.41) is 2.74. The van der Waals surface area contributed by atoms with E-state index in [2.05, 4.69) is 10.3 Å². The maximum Gasteiger partial charge on any atom is 0.347 e. The molecule has 108 valence electrons. The van der Waals surface area contributed by atoms with E-state index in [4.69, 9.17) is 18.0 Å². The molecule has 0 aliphatic heterocycles. The van der Waals surface area contributed by atoms with Crippen molar-refractivity contribution < 1.29 is 4.79 Å². The lowest BCUT2D eigenvalue weighted by Gasteiger charge is -2.07. The van der Waals surface area contributed by atoms with E-state index in [1.54, 1.807) is 36.5 Å². The van der Waals surface area contributed by atoms with Gasteiger partial charge in [0.2, 0.25) is 5.91 Å². The van der Waals surface area contributed by atoms with E-state index in [0.29, 0.717) is 11.3 Å². The van der Waals surface area contributed by atoms with Crippen LogP contribution >= 0.6 is 12.2 Å². The summed E-state index contributed by atoms with van der Waals surface area (Å²) in [5.41, 5.74) is 6.47. The maximum atomic E-state index is 11.9. The molecule has 1 heterocycles. The van der Waals surface area contributed by atoms with Gasteiger partial charge in [-0.3, -0.25) is 9.36 Å². The van der Waals surface area contributed by atoms with E-state index in [1.165, 1.54) is 10.8 Å². The van der Waals surface area contributed by atoms with Gasteiger partial charge in [-0.1, -0.05) is 24.4 Å². The summed E-state index contributed by atoms with van der Waals surface area (Å²) in [7, 11) is 0. The van der Waals surface area contributed by atoms with Crippen molar-refractivity contribution in [3.05, 3.63) is 58.8 Å². The van der Waals surface area contributed by atoms with Gasteiger partial charge in [0, 0.05) is 36.6 Å². The molecule has 7 heteroatoms. The lowest BCUT2D eigenvalue weighted by molar-refractivity contribution is -0.116. The maximum absolute atomic E-state index is 11.9. The smallest absolute Gasteiger partial charge is 0.347 e. The van der Waals surface area contributed by atoms with Crippen LogP contribution in [0.25, 0.3) is 0 Å². The van der Waals surface area contributed by atoms with E-state index in [0.717, 1.165) is 0 Å². The predicted molar refractivity (Wildman–Crippen MR) is 84.1 cm³/mol. The molecule has 0 atom stereocenters. The van der Waals surface area contributed by atoms with Gasteiger partial charge in [-0.25, -0.2) is 9.78 Å². The van der Waals surface area contributed by atoms with Crippen molar-refractivity contribution in [2.75, 3.05) is 5.32 Å². The third kappa shape index (κ3) is 4.22. The van der Waals surface area contributed by atoms with Gasteiger partial charge >= 0.3 is 5.69 Å². The van der Waals surface area contributed by atoms with E-state index in [1.807, 2.05) is 0 Å². The molecule has 0 saturated heterocycles. The molecule has 1 amide bonds. The minimum Gasteiger partial charge on any atom is -0.389 e. The number of benzene rings is 1. The number of nitrogens with one attached hydrogen (secondary N) is 1. The fraction of sp³-hybridized carbons (Fsp3) is 0.143. The molecule has 2 rings (SSSR count). The molecule has 0 fully saturated rings. The molecule has 0 radical (unpaired) electrons. The van der Waals surface area contributed by atoms with Crippen LogP contribution in [0.1, 0.15) is 12.0 Å². The van der Waals surface area contributed by atoms with E-state index >= 15 is 0 Å². The van der Waals surface area contributed by atoms with E-state index in [-0.39, 0.29) is 29.6 Å². The van der Waals surface area contributed by atoms with Crippen molar-refractivity contribution in [3.8, 4) is 0 Å². The number of carbonyl (C=O) groups is 1. The molecule has 0 unspecified atom stereocenters. The van der Waals surface area contributed by atoms with Gasteiger partial charge in [0.15, 0.2) is 0 Å².